The van der Waals surface area contributed by atoms with Crippen molar-refractivity contribution in [3.05, 3.63) is 0 Å². The lowest BCUT2D eigenvalue weighted by Gasteiger charge is -2.30. The quantitative estimate of drug-likeness (QED) is 0.683. The maximum Gasteiger partial charge on any atom is 0.241 e. The van der Waals surface area contributed by atoms with Gasteiger partial charge in [-0.25, -0.2) is 0 Å². The third kappa shape index (κ3) is 4.20. The first kappa shape index (κ1) is 16.5. The van der Waals surface area contributed by atoms with Crippen LogP contribution >= 0.6 is 0 Å². The van der Waals surface area contributed by atoms with E-state index in [1.807, 2.05) is 0 Å². The normalized spacial score (nSPS) is 25.4. The topological polar surface area (TPSA) is 32.3 Å². The van der Waals surface area contributed by atoms with E-state index in [0.29, 0.717) is 17.9 Å². The smallest absolute Gasteiger partial charge is 0.241 e. The molecule has 112 valence electrons. The molecule has 1 amide bonds. The Labute approximate surface area is 119 Å². The summed E-state index contributed by atoms with van der Waals surface area (Å²) in [5.74, 6) is 0.684. The Morgan fingerprint density at radius 3 is 2.37 bits per heavy atom. The SMILES string of the molecule is CCCCCCC(C)N1C(=O)C(C(C)C)NC1CC. The lowest BCUT2D eigenvalue weighted by molar-refractivity contribution is -0.132. The van der Waals surface area contributed by atoms with Gasteiger partial charge in [-0.2, -0.15) is 0 Å². The van der Waals surface area contributed by atoms with E-state index in [9.17, 15) is 4.79 Å². The zero-order valence-electron chi connectivity index (χ0n) is 13.4. The molecule has 3 unspecified atom stereocenters. The number of nitrogens with zero attached hydrogens (tertiary/aromatic N) is 1. The summed E-state index contributed by atoms with van der Waals surface area (Å²) in [5.41, 5.74) is 0. The monoisotopic (exact) mass is 268 g/mol. The van der Waals surface area contributed by atoms with E-state index < -0.39 is 0 Å². The fraction of sp³-hybridized carbons (Fsp3) is 0.938. The van der Waals surface area contributed by atoms with E-state index in [4.69, 9.17) is 0 Å². The minimum Gasteiger partial charge on any atom is -0.323 e. The Hall–Kier alpha value is -0.570. The molecule has 0 bridgehead atoms. The second-order valence-electron chi connectivity index (χ2n) is 6.26. The van der Waals surface area contributed by atoms with Crippen molar-refractivity contribution in [2.45, 2.75) is 91.4 Å². The molecule has 3 nitrogen and oxygen atoms in total. The predicted octanol–water partition coefficient (Wildman–Crippen LogP) is 3.54. The molecule has 3 heteroatoms. The molecule has 0 spiro atoms. The molecular weight excluding hydrogens is 236 g/mol. The lowest BCUT2D eigenvalue weighted by Crippen LogP contribution is -2.42. The average molecular weight is 268 g/mol. The second kappa shape index (κ2) is 7.88. The Bertz CT molecular complexity index is 278. The van der Waals surface area contributed by atoms with E-state index in [1.165, 1.54) is 25.7 Å². The van der Waals surface area contributed by atoms with Gasteiger partial charge < -0.3 is 4.90 Å². The van der Waals surface area contributed by atoms with Crippen LogP contribution in [-0.2, 0) is 4.79 Å². The largest absolute Gasteiger partial charge is 0.323 e. The minimum atomic E-state index is 0.0167. The molecule has 1 saturated heterocycles. The van der Waals surface area contributed by atoms with Gasteiger partial charge in [0.15, 0.2) is 0 Å². The Morgan fingerprint density at radius 2 is 1.84 bits per heavy atom. The fourth-order valence-corrected chi connectivity index (χ4v) is 3.00. The number of carbonyl (C=O) groups is 1. The summed E-state index contributed by atoms with van der Waals surface area (Å²) in [6.07, 6.45) is 7.47. The molecule has 0 saturated carbocycles. The first-order valence-corrected chi connectivity index (χ1v) is 8.11. The van der Waals surface area contributed by atoms with E-state index in [-0.39, 0.29) is 12.2 Å². The van der Waals surface area contributed by atoms with Gasteiger partial charge in [0, 0.05) is 6.04 Å². The van der Waals surface area contributed by atoms with Crippen molar-refractivity contribution >= 4 is 5.91 Å². The predicted molar refractivity (Wildman–Crippen MR) is 80.9 cm³/mol. The van der Waals surface area contributed by atoms with Gasteiger partial charge in [0.25, 0.3) is 0 Å². The van der Waals surface area contributed by atoms with Crippen molar-refractivity contribution < 1.29 is 4.79 Å². The minimum absolute atomic E-state index is 0.0167. The van der Waals surface area contributed by atoms with Gasteiger partial charge in [0.05, 0.1) is 12.2 Å². The summed E-state index contributed by atoms with van der Waals surface area (Å²) in [4.78, 5) is 14.6. The van der Waals surface area contributed by atoms with E-state index >= 15 is 0 Å². The summed E-state index contributed by atoms with van der Waals surface area (Å²) in [7, 11) is 0. The van der Waals surface area contributed by atoms with Gasteiger partial charge in [0.1, 0.15) is 0 Å². The lowest BCUT2D eigenvalue weighted by atomic mass is 10.0. The van der Waals surface area contributed by atoms with Gasteiger partial charge in [0.2, 0.25) is 5.91 Å². The molecule has 0 aliphatic carbocycles. The van der Waals surface area contributed by atoms with Crippen LogP contribution in [0.4, 0.5) is 0 Å². The van der Waals surface area contributed by atoms with Gasteiger partial charge in [-0.3, -0.25) is 10.1 Å². The molecule has 1 N–H and O–H groups in total. The Kier molecular flexibility index (Phi) is 6.84. The second-order valence-corrected chi connectivity index (χ2v) is 6.26. The molecule has 0 aromatic heterocycles. The molecule has 1 heterocycles. The number of unbranched alkanes of at least 4 members (excludes halogenated alkanes) is 3. The highest BCUT2D eigenvalue weighted by atomic mass is 16.2. The summed E-state index contributed by atoms with van der Waals surface area (Å²) < 4.78 is 0. The summed E-state index contributed by atoms with van der Waals surface area (Å²) in [6, 6.07) is 0.383. The van der Waals surface area contributed by atoms with Crippen LogP contribution in [0.25, 0.3) is 0 Å². The third-order valence-electron chi connectivity index (χ3n) is 4.23. The highest BCUT2D eigenvalue weighted by Gasteiger charge is 2.41. The molecule has 3 atom stereocenters. The molecule has 19 heavy (non-hydrogen) atoms. The third-order valence-corrected chi connectivity index (χ3v) is 4.23. The van der Waals surface area contributed by atoms with Gasteiger partial charge in [-0.05, 0) is 25.7 Å². The molecule has 1 fully saturated rings. The van der Waals surface area contributed by atoms with Crippen LogP contribution in [0.3, 0.4) is 0 Å². The summed E-state index contributed by atoms with van der Waals surface area (Å²) in [6.45, 7) is 10.8. The van der Waals surface area contributed by atoms with Gasteiger partial charge in [-0.15, -0.1) is 0 Å². The van der Waals surface area contributed by atoms with Crippen molar-refractivity contribution in [3.63, 3.8) is 0 Å². The van der Waals surface area contributed by atoms with Gasteiger partial charge >= 0.3 is 0 Å². The van der Waals surface area contributed by atoms with Crippen molar-refractivity contribution in [2.75, 3.05) is 0 Å². The highest BCUT2D eigenvalue weighted by molar-refractivity contribution is 5.84. The zero-order valence-corrected chi connectivity index (χ0v) is 13.4. The van der Waals surface area contributed by atoms with E-state index in [2.05, 4.69) is 44.8 Å². The molecule has 0 aromatic rings. The van der Waals surface area contributed by atoms with Crippen LogP contribution in [0.2, 0.25) is 0 Å². The van der Waals surface area contributed by atoms with Crippen molar-refractivity contribution in [3.8, 4) is 0 Å². The van der Waals surface area contributed by atoms with Crippen LogP contribution in [-0.4, -0.2) is 29.1 Å². The van der Waals surface area contributed by atoms with Gasteiger partial charge in [-0.1, -0.05) is 53.4 Å². The first-order valence-electron chi connectivity index (χ1n) is 8.11. The van der Waals surface area contributed by atoms with E-state index in [0.717, 1.165) is 12.8 Å². The number of hydrogen-bond acceptors (Lipinski definition) is 2. The van der Waals surface area contributed by atoms with Crippen LogP contribution in [0, 0.1) is 5.92 Å². The van der Waals surface area contributed by atoms with Crippen molar-refractivity contribution in [2.24, 2.45) is 5.92 Å². The molecule has 1 rings (SSSR count). The summed E-state index contributed by atoms with van der Waals surface area (Å²) >= 11 is 0. The standard InChI is InChI=1S/C16H32N2O/c1-6-8-9-10-11-13(5)18-14(7-2)17-15(12(3)4)16(18)19/h12-15,17H,6-11H2,1-5H3. The zero-order chi connectivity index (χ0) is 14.4. The number of nitrogens with one attached hydrogen (secondary N) is 1. The number of rotatable bonds is 8. The van der Waals surface area contributed by atoms with E-state index in [1.54, 1.807) is 0 Å². The maximum absolute atomic E-state index is 12.5. The summed E-state index contributed by atoms with van der Waals surface area (Å²) in [5, 5.41) is 3.50. The molecule has 1 aliphatic rings. The molecule has 1 aliphatic heterocycles. The Balaban J connectivity index is 2.55. The number of carbonyl (C=O) groups excluding carboxylic acids is 1. The average Bonchev–Trinajstić information content (AvgIpc) is 2.71. The van der Waals surface area contributed by atoms with Crippen molar-refractivity contribution in [1.82, 2.24) is 10.2 Å². The maximum atomic E-state index is 12.5. The Morgan fingerprint density at radius 1 is 1.16 bits per heavy atom. The van der Waals surface area contributed by atoms with Crippen LogP contribution in [0.1, 0.15) is 73.1 Å². The van der Waals surface area contributed by atoms with Crippen LogP contribution in [0.5, 0.6) is 0 Å². The number of amides is 1. The van der Waals surface area contributed by atoms with Crippen molar-refractivity contribution in [1.29, 1.82) is 0 Å². The van der Waals surface area contributed by atoms with Crippen LogP contribution in [0.15, 0.2) is 0 Å². The molecule has 0 aromatic carbocycles. The number of hydrogen-bond donors (Lipinski definition) is 1. The van der Waals surface area contributed by atoms with Crippen LogP contribution < -0.4 is 5.32 Å². The molecule has 0 radical (unpaired) electrons. The highest BCUT2D eigenvalue weighted by Crippen LogP contribution is 2.23. The fourth-order valence-electron chi connectivity index (χ4n) is 3.00. The molecular formula is C16H32N2O. The first-order chi connectivity index (χ1) is 9.02.